The summed E-state index contributed by atoms with van der Waals surface area (Å²) < 4.78 is 35.2. The highest BCUT2D eigenvalue weighted by atomic mass is 35.5. The monoisotopic (exact) mass is 616 g/mol. The van der Waals surface area contributed by atoms with Gasteiger partial charge in [-0.2, -0.15) is 0 Å². The number of anilines is 1. The second-order valence-corrected chi connectivity index (χ2v) is 15.3. The van der Waals surface area contributed by atoms with Crippen LogP contribution in [0.2, 0.25) is 5.02 Å². The standard InChI is InChI=1S/C33H45ClN2O5S/c1-4-26-9-5-6-10-30(37)27-14-11-24(27)20-36(3)29-19-23(32(38)35-42(26,39)40)12-16-31(29)41-21-33(2)17-7-8-22-18-25(34)13-15-28(22)33/h12-13,15-16,18-19,24,26-27,30,37H,4-11,14,17,20-21H2,1-3H3,(H,35,38)/t24-,26-,27+,30-,33+/m0/s1. The first-order chi connectivity index (χ1) is 20.0. The Labute approximate surface area is 256 Å². The molecule has 2 aliphatic carbocycles. The van der Waals surface area contributed by atoms with Gasteiger partial charge in [0.1, 0.15) is 5.75 Å². The first kappa shape index (κ1) is 31.1. The number of amides is 1. The molecule has 0 spiro atoms. The Balaban J connectivity index is 1.45. The van der Waals surface area contributed by atoms with Crippen LogP contribution in [0, 0.1) is 11.8 Å². The molecule has 0 unspecified atom stereocenters. The van der Waals surface area contributed by atoms with E-state index in [9.17, 15) is 18.3 Å². The number of rotatable bonds is 4. The van der Waals surface area contributed by atoms with Gasteiger partial charge in [-0.3, -0.25) is 4.79 Å². The second kappa shape index (κ2) is 12.7. The molecule has 1 saturated carbocycles. The van der Waals surface area contributed by atoms with Crippen molar-refractivity contribution in [1.29, 1.82) is 0 Å². The first-order valence-corrected chi connectivity index (χ1v) is 17.4. The lowest BCUT2D eigenvalue weighted by molar-refractivity contribution is 0.00974. The number of nitrogens with one attached hydrogen (secondary N) is 1. The van der Waals surface area contributed by atoms with Gasteiger partial charge in [0, 0.05) is 29.6 Å². The van der Waals surface area contributed by atoms with Crippen LogP contribution in [-0.4, -0.2) is 51.0 Å². The van der Waals surface area contributed by atoms with E-state index >= 15 is 0 Å². The summed E-state index contributed by atoms with van der Waals surface area (Å²) in [6.45, 7) is 5.24. The van der Waals surface area contributed by atoms with Crippen molar-refractivity contribution < 1.29 is 23.1 Å². The molecule has 1 aliphatic heterocycles. The summed E-state index contributed by atoms with van der Waals surface area (Å²) in [6.07, 6.45) is 7.74. The van der Waals surface area contributed by atoms with Crippen LogP contribution < -0.4 is 14.4 Å². The second-order valence-electron chi connectivity index (χ2n) is 12.9. The highest BCUT2D eigenvalue weighted by Gasteiger charge is 2.38. The van der Waals surface area contributed by atoms with Crippen molar-refractivity contribution in [2.24, 2.45) is 11.8 Å². The molecule has 9 heteroatoms. The first-order valence-electron chi connectivity index (χ1n) is 15.5. The minimum Gasteiger partial charge on any atom is -0.490 e. The van der Waals surface area contributed by atoms with Gasteiger partial charge in [-0.25, -0.2) is 13.1 Å². The third-order valence-electron chi connectivity index (χ3n) is 9.95. The molecule has 5 atom stereocenters. The maximum atomic E-state index is 13.3. The topological polar surface area (TPSA) is 95.9 Å². The number of sulfonamides is 1. The van der Waals surface area contributed by atoms with Gasteiger partial charge in [0.15, 0.2) is 0 Å². The normalized spacial score (nSPS) is 29.9. The zero-order chi connectivity index (χ0) is 30.1. The van der Waals surface area contributed by atoms with Gasteiger partial charge in [-0.1, -0.05) is 44.4 Å². The molecule has 1 fully saturated rings. The largest absolute Gasteiger partial charge is 0.490 e. The summed E-state index contributed by atoms with van der Waals surface area (Å²) in [5, 5.41) is 11.1. The molecule has 7 nitrogen and oxygen atoms in total. The average Bonchev–Trinajstić information content (AvgIpc) is 2.93. The van der Waals surface area contributed by atoms with Crippen molar-refractivity contribution in [2.75, 3.05) is 25.1 Å². The molecule has 230 valence electrons. The van der Waals surface area contributed by atoms with E-state index in [4.69, 9.17) is 16.3 Å². The summed E-state index contributed by atoms with van der Waals surface area (Å²) in [5.74, 6) is 0.609. The molecule has 0 aromatic heterocycles. The zero-order valence-corrected chi connectivity index (χ0v) is 26.6. The summed E-state index contributed by atoms with van der Waals surface area (Å²) in [5.41, 5.74) is 3.36. The lowest BCUT2D eigenvalue weighted by Gasteiger charge is -2.42. The molecule has 2 aromatic rings. The van der Waals surface area contributed by atoms with Crippen molar-refractivity contribution in [3.05, 3.63) is 58.1 Å². The lowest BCUT2D eigenvalue weighted by Crippen LogP contribution is -2.42. The van der Waals surface area contributed by atoms with E-state index in [1.54, 1.807) is 18.2 Å². The van der Waals surface area contributed by atoms with Crippen molar-refractivity contribution in [3.8, 4) is 5.75 Å². The van der Waals surface area contributed by atoms with Gasteiger partial charge < -0.3 is 14.7 Å². The van der Waals surface area contributed by atoms with Gasteiger partial charge in [-0.05, 0) is 105 Å². The predicted octanol–water partition coefficient (Wildman–Crippen LogP) is 6.25. The fraction of sp³-hybridized carbons (Fsp3) is 0.606. The Kier molecular flexibility index (Phi) is 9.45. The van der Waals surface area contributed by atoms with E-state index in [1.807, 2.05) is 20.0 Å². The van der Waals surface area contributed by atoms with E-state index < -0.39 is 21.2 Å². The van der Waals surface area contributed by atoms with E-state index in [1.165, 1.54) is 11.1 Å². The Bertz CT molecular complexity index is 1400. The number of hydrogen-bond acceptors (Lipinski definition) is 6. The van der Waals surface area contributed by atoms with Crippen LogP contribution in [0.1, 0.15) is 93.1 Å². The number of fused-ring (bicyclic) bond motifs is 4. The number of benzene rings is 2. The van der Waals surface area contributed by atoms with Crippen LogP contribution in [0.4, 0.5) is 5.69 Å². The summed E-state index contributed by atoms with van der Waals surface area (Å²) in [6, 6.07) is 11.3. The van der Waals surface area contributed by atoms with Crippen molar-refractivity contribution in [3.63, 3.8) is 0 Å². The molecule has 1 heterocycles. The fourth-order valence-electron chi connectivity index (χ4n) is 7.20. The number of halogens is 1. The van der Waals surface area contributed by atoms with Crippen LogP contribution in [0.15, 0.2) is 36.4 Å². The average molecular weight is 617 g/mol. The van der Waals surface area contributed by atoms with Gasteiger partial charge in [0.25, 0.3) is 5.91 Å². The number of aliphatic hydroxyl groups is 1. The van der Waals surface area contributed by atoms with Crippen LogP contribution in [-0.2, 0) is 21.9 Å². The Hall–Kier alpha value is -2.29. The Morgan fingerprint density at radius 3 is 2.62 bits per heavy atom. The number of nitrogens with zero attached hydrogens (tertiary/aromatic N) is 1. The molecular formula is C33H45ClN2O5S. The number of aliphatic hydroxyl groups excluding tert-OH is 1. The number of carbonyl (C=O) groups is 1. The highest BCUT2D eigenvalue weighted by molar-refractivity contribution is 7.90. The number of aryl methyl sites for hydroxylation is 1. The lowest BCUT2D eigenvalue weighted by atomic mass is 9.69. The Morgan fingerprint density at radius 1 is 1.10 bits per heavy atom. The van der Waals surface area contributed by atoms with E-state index in [2.05, 4.69) is 28.7 Å². The summed E-state index contributed by atoms with van der Waals surface area (Å²) in [7, 11) is -1.86. The molecule has 0 radical (unpaired) electrons. The third kappa shape index (κ3) is 6.61. The van der Waals surface area contributed by atoms with Crippen LogP contribution >= 0.6 is 11.6 Å². The molecule has 3 aliphatic rings. The van der Waals surface area contributed by atoms with Crippen molar-refractivity contribution in [1.82, 2.24) is 4.72 Å². The SMILES string of the molecule is CC[C@H]1CCCC[C@H](O)[C@@H]2CC[C@H]2CN(C)c2cc(ccc2OC[C@@]2(C)CCCc3cc(Cl)ccc32)C(=O)NS1(=O)=O. The van der Waals surface area contributed by atoms with E-state index in [0.29, 0.717) is 44.0 Å². The van der Waals surface area contributed by atoms with Crippen molar-refractivity contribution >= 4 is 33.2 Å². The minimum atomic E-state index is -3.84. The van der Waals surface area contributed by atoms with Gasteiger partial charge in [0.2, 0.25) is 10.0 Å². The smallest absolute Gasteiger partial charge is 0.264 e. The number of hydrogen-bond donors (Lipinski definition) is 2. The maximum Gasteiger partial charge on any atom is 0.264 e. The van der Waals surface area contributed by atoms with E-state index in [-0.39, 0.29) is 23.0 Å². The van der Waals surface area contributed by atoms with Crippen molar-refractivity contribution in [2.45, 2.75) is 94.8 Å². The predicted molar refractivity (Wildman–Crippen MR) is 168 cm³/mol. The number of carbonyl (C=O) groups excluding carboxylic acids is 1. The number of ether oxygens (including phenoxy) is 1. The minimum absolute atomic E-state index is 0.190. The van der Waals surface area contributed by atoms with Gasteiger partial charge >= 0.3 is 0 Å². The molecular weight excluding hydrogens is 572 g/mol. The van der Waals surface area contributed by atoms with Gasteiger partial charge in [0.05, 0.1) is 23.6 Å². The van der Waals surface area contributed by atoms with Crippen LogP contribution in [0.3, 0.4) is 0 Å². The quantitative estimate of drug-likeness (QED) is 0.422. The van der Waals surface area contributed by atoms with Crippen LogP contribution in [0.25, 0.3) is 0 Å². The highest BCUT2D eigenvalue weighted by Crippen LogP contribution is 2.42. The molecule has 5 rings (SSSR count). The fourth-order valence-corrected chi connectivity index (χ4v) is 8.85. The third-order valence-corrected chi connectivity index (χ3v) is 12.1. The van der Waals surface area contributed by atoms with E-state index in [0.717, 1.165) is 55.8 Å². The van der Waals surface area contributed by atoms with Crippen LogP contribution in [0.5, 0.6) is 5.75 Å². The molecule has 0 saturated heterocycles. The molecule has 2 aromatic carbocycles. The molecule has 1 amide bonds. The molecule has 2 bridgehead atoms. The summed E-state index contributed by atoms with van der Waals surface area (Å²) >= 11 is 6.29. The maximum absolute atomic E-state index is 13.3. The molecule has 2 N–H and O–H groups in total. The Morgan fingerprint density at radius 2 is 1.88 bits per heavy atom. The van der Waals surface area contributed by atoms with Gasteiger partial charge in [-0.15, -0.1) is 0 Å². The molecule has 42 heavy (non-hydrogen) atoms. The summed E-state index contributed by atoms with van der Waals surface area (Å²) in [4.78, 5) is 15.4. The zero-order valence-electron chi connectivity index (χ0n) is 25.1.